The number of anilines is 1. The van der Waals surface area contributed by atoms with Gasteiger partial charge in [-0.15, -0.1) is 11.3 Å². The molecule has 0 aliphatic heterocycles. The number of rotatable bonds is 4. The van der Waals surface area contributed by atoms with Gasteiger partial charge in [-0.05, 0) is 29.6 Å². The lowest BCUT2D eigenvalue weighted by Gasteiger charge is -2.08. The zero-order chi connectivity index (χ0) is 17.1. The van der Waals surface area contributed by atoms with Crippen molar-refractivity contribution in [3.8, 4) is 11.3 Å². The number of aromatic nitrogens is 2. The third-order valence-electron chi connectivity index (χ3n) is 3.62. The van der Waals surface area contributed by atoms with Crippen LogP contribution in [-0.2, 0) is 0 Å². The fourth-order valence-corrected chi connectivity index (χ4v) is 3.18. The lowest BCUT2D eigenvalue weighted by molar-refractivity contribution is 1.16. The average molecular weight is 365 g/mol. The lowest BCUT2D eigenvalue weighted by atomic mass is 10.1. The van der Waals surface area contributed by atoms with Gasteiger partial charge in [0.15, 0.2) is 0 Å². The molecule has 0 saturated carbocycles. The van der Waals surface area contributed by atoms with Crippen LogP contribution in [0.15, 0.2) is 71.1 Å². The van der Waals surface area contributed by atoms with Crippen molar-refractivity contribution in [1.29, 1.82) is 0 Å². The molecule has 122 valence electrons. The number of hydrogen-bond acceptors (Lipinski definition) is 5. The van der Waals surface area contributed by atoms with Crippen LogP contribution in [0.1, 0.15) is 4.88 Å². The summed E-state index contributed by atoms with van der Waals surface area (Å²) in [5.41, 5.74) is 5.61. The molecule has 0 spiro atoms. The summed E-state index contributed by atoms with van der Waals surface area (Å²) in [5.74, 6) is 0.455. The number of hydrazone groups is 1. The van der Waals surface area contributed by atoms with Gasteiger partial charge in [0, 0.05) is 20.8 Å². The summed E-state index contributed by atoms with van der Waals surface area (Å²) in [4.78, 5) is 10.2. The zero-order valence-corrected chi connectivity index (χ0v) is 14.6. The highest BCUT2D eigenvalue weighted by Crippen LogP contribution is 2.28. The molecule has 2 heterocycles. The van der Waals surface area contributed by atoms with Crippen LogP contribution in [-0.4, -0.2) is 16.2 Å². The minimum absolute atomic E-state index is 0.455. The number of benzene rings is 2. The molecule has 2 aromatic carbocycles. The standard InChI is InChI=1S/C19H13ClN4S/c20-14-9-7-13(8-10-14)18-16-5-1-2-6-17(16)22-19(23-18)24-21-12-15-4-3-11-25-15/h1-12H,(H,22,23,24). The largest absolute Gasteiger partial charge is 0.245 e. The minimum Gasteiger partial charge on any atom is -0.245 e. The summed E-state index contributed by atoms with van der Waals surface area (Å²) >= 11 is 7.62. The van der Waals surface area contributed by atoms with Crippen molar-refractivity contribution in [2.24, 2.45) is 5.10 Å². The molecule has 0 aliphatic carbocycles. The summed E-state index contributed by atoms with van der Waals surface area (Å²) in [6.07, 6.45) is 1.76. The van der Waals surface area contributed by atoms with Crippen LogP contribution in [0.4, 0.5) is 5.95 Å². The van der Waals surface area contributed by atoms with E-state index < -0.39 is 0 Å². The van der Waals surface area contributed by atoms with Gasteiger partial charge in [0.2, 0.25) is 5.95 Å². The second kappa shape index (κ2) is 7.01. The third kappa shape index (κ3) is 3.52. The predicted octanol–water partition coefficient (Wildman–Crippen LogP) is 5.46. The first-order chi connectivity index (χ1) is 12.3. The van der Waals surface area contributed by atoms with E-state index in [1.807, 2.05) is 66.0 Å². The first-order valence-corrected chi connectivity index (χ1v) is 8.91. The Morgan fingerprint density at radius 1 is 0.960 bits per heavy atom. The van der Waals surface area contributed by atoms with Gasteiger partial charge in [-0.2, -0.15) is 5.10 Å². The van der Waals surface area contributed by atoms with Crippen LogP contribution in [0.5, 0.6) is 0 Å². The smallest absolute Gasteiger partial charge is 0.244 e. The SMILES string of the molecule is Clc1ccc(-c2nc(NN=Cc3cccs3)nc3ccccc23)cc1. The van der Waals surface area contributed by atoms with Crippen molar-refractivity contribution in [3.63, 3.8) is 0 Å². The molecule has 6 heteroatoms. The van der Waals surface area contributed by atoms with Crippen molar-refractivity contribution >= 4 is 46.0 Å². The maximum atomic E-state index is 6.00. The molecule has 0 atom stereocenters. The van der Waals surface area contributed by atoms with Gasteiger partial charge in [-0.3, -0.25) is 0 Å². The van der Waals surface area contributed by atoms with Gasteiger partial charge in [0.25, 0.3) is 0 Å². The van der Waals surface area contributed by atoms with E-state index in [2.05, 4.69) is 20.5 Å². The normalized spacial score (nSPS) is 11.2. The Morgan fingerprint density at radius 2 is 1.80 bits per heavy atom. The van der Waals surface area contributed by atoms with E-state index in [0.717, 1.165) is 27.0 Å². The van der Waals surface area contributed by atoms with Crippen LogP contribution in [0, 0.1) is 0 Å². The van der Waals surface area contributed by atoms with Crippen molar-refractivity contribution < 1.29 is 0 Å². The highest BCUT2D eigenvalue weighted by molar-refractivity contribution is 7.11. The lowest BCUT2D eigenvalue weighted by Crippen LogP contribution is -1.99. The van der Waals surface area contributed by atoms with Crippen molar-refractivity contribution in [1.82, 2.24) is 9.97 Å². The second-order valence-corrected chi connectivity index (χ2v) is 6.72. The first-order valence-electron chi connectivity index (χ1n) is 7.65. The fourth-order valence-electron chi connectivity index (χ4n) is 2.47. The first kappa shape index (κ1) is 15.7. The van der Waals surface area contributed by atoms with E-state index in [-0.39, 0.29) is 0 Å². The Hall–Kier alpha value is -2.76. The molecule has 4 rings (SSSR count). The van der Waals surface area contributed by atoms with Crippen molar-refractivity contribution in [2.75, 3.05) is 5.43 Å². The molecule has 0 amide bonds. The minimum atomic E-state index is 0.455. The average Bonchev–Trinajstić information content (AvgIpc) is 3.15. The molecule has 25 heavy (non-hydrogen) atoms. The number of halogens is 1. The Balaban J connectivity index is 1.74. The zero-order valence-electron chi connectivity index (χ0n) is 13.1. The van der Waals surface area contributed by atoms with E-state index >= 15 is 0 Å². The molecular weight excluding hydrogens is 352 g/mol. The predicted molar refractivity (Wildman–Crippen MR) is 106 cm³/mol. The highest BCUT2D eigenvalue weighted by Gasteiger charge is 2.09. The molecule has 0 unspecified atom stereocenters. The van der Waals surface area contributed by atoms with Gasteiger partial charge >= 0.3 is 0 Å². The van der Waals surface area contributed by atoms with Gasteiger partial charge in [-0.25, -0.2) is 15.4 Å². The molecule has 4 aromatic rings. The molecule has 2 aromatic heterocycles. The van der Waals surface area contributed by atoms with Crippen molar-refractivity contribution in [3.05, 3.63) is 75.9 Å². The maximum Gasteiger partial charge on any atom is 0.244 e. The topological polar surface area (TPSA) is 50.2 Å². The number of nitrogens with one attached hydrogen (secondary N) is 1. The fraction of sp³-hybridized carbons (Fsp3) is 0. The molecule has 0 fully saturated rings. The number of hydrogen-bond donors (Lipinski definition) is 1. The molecule has 1 N–H and O–H groups in total. The number of fused-ring (bicyclic) bond motifs is 1. The highest BCUT2D eigenvalue weighted by atomic mass is 35.5. The molecule has 0 aliphatic rings. The third-order valence-corrected chi connectivity index (χ3v) is 4.68. The van der Waals surface area contributed by atoms with Gasteiger partial charge in [0.1, 0.15) is 0 Å². The van der Waals surface area contributed by atoms with Gasteiger partial charge in [-0.1, -0.05) is 48.0 Å². The number of thiophene rings is 1. The molecular formula is C19H13ClN4S. The monoisotopic (exact) mass is 364 g/mol. The van der Waals surface area contributed by atoms with Crippen LogP contribution < -0.4 is 5.43 Å². The molecule has 0 saturated heterocycles. The Bertz CT molecular complexity index is 1030. The number of nitrogens with zero attached hydrogens (tertiary/aromatic N) is 3. The molecule has 0 bridgehead atoms. The maximum absolute atomic E-state index is 6.00. The van der Waals surface area contributed by atoms with E-state index in [9.17, 15) is 0 Å². The summed E-state index contributed by atoms with van der Waals surface area (Å²) in [7, 11) is 0. The Kier molecular flexibility index (Phi) is 4.41. The summed E-state index contributed by atoms with van der Waals surface area (Å²) < 4.78 is 0. The quantitative estimate of drug-likeness (QED) is 0.386. The number of para-hydroxylation sites is 1. The van der Waals surface area contributed by atoms with Crippen LogP contribution in [0.2, 0.25) is 5.02 Å². The van der Waals surface area contributed by atoms with E-state index in [0.29, 0.717) is 11.0 Å². The summed E-state index contributed by atoms with van der Waals surface area (Å²) in [5, 5.41) is 7.91. The summed E-state index contributed by atoms with van der Waals surface area (Å²) in [6.45, 7) is 0. The summed E-state index contributed by atoms with van der Waals surface area (Å²) in [6, 6.07) is 19.5. The van der Waals surface area contributed by atoms with E-state index in [4.69, 9.17) is 11.6 Å². The van der Waals surface area contributed by atoms with Crippen molar-refractivity contribution in [2.45, 2.75) is 0 Å². The Morgan fingerprint density at radius 3 is 2.60 bits per heavy atom. The van der Waals surface area contributed by atoms with Crippen LogP contribution >= 0.6 is 22.9 Å². The van der Waals surface area contributed by atoms with E-state index in [1.165, 1.54) is 0 Å². The molecule has 4 nitrogen and oxygen atoms in total. The second-order valence-electron chi connectivity index (χ2n) is 5.31. The van der Waals surface area contributed by atoms with Crippen LogP contribution in [0.25, 0.3) is 22.2 Å². The van der Waals surface area contributed by atoms with E-state index in [1.54, 1.807) is 17.6 Å². The van der Waals surface area contributed by atoms with Crippen LogP contribution in [0.3, 0.4) is 0 Å². The Labute approximate surface area is 153 Å². The van der Waals surface area contributed by atoms with Gasteiger partial charge in [0.05, 0.1) is 17.4 Å². The molecule has 0 radical (unpaired) electrons. The van der Waals surface area contributed by atoms with Gasteiger partial charge < -0.3 is 0 Å².